The SMILES string of the molecule is O=C(Cl)C1=C(O)C=C[C+]=C1. The van der Waals surface area contributed by atoms with Crippen molar-refractivity contribution in [2.45, 2.75) is 0 Å². The van der Waals surface area contributed by atoms with Crippen molar-refractivity contribution < 1.29 is 9.90 Å². The van der Waals surface area contributed by atoms with Crippen molar-refractivity contribution in [3.8, 4) is 0 Å². The number of aliphatic hydroxyl groups excluding tert-OH is 1. The minimum Gasteiger partial charge on any atom is -0.487 e. The van der Waals surface area contributed by atoms with Crippen molar-refractivity contribution in [3.05, 3.63) is 35.6 Å². The first-order valence-corrected chi connectivity index (χ1v) is 2.98. The normalized spacial score (nSPS) is 15.3. The molecule has 0 saturated heterocycles. The van der Waals surface area contributed by atoms with Crippen LogP contribution in [0.25, 0.3) is 0 Å². The van der Waals surface area contributed by atoms with Crippen LogP contribution in [0.1, 0.15) is 0 Å². The molecule has 0 unspecified atom stereocenters. The summed E-state index contributed by atoms with van der Waals surface area (Å²) in [5, 5.41) is 8.28. The van der Waals surface area contributed by atoms with Crippen LogP contribution in [0, 0.1) is 6.08 Å². The van der Waals surface area contributed by atoms with Gasteiger partial charge in [-0.25, -0.2) is 0 Å². The van der Waals surface area contributed by atoms with Gasteiger partial charge in [-0.15, -0.1) is 0 Å². The molecule has 3 heteroatoms. The van der Waals surface area contributed by atoms with E-state index in [-0.39, 0.29) is 11.3 Å². The summed E-state index contributed by atoms with van der Waals surface area (Å²) < 4.78 is 0. The van der Waals surface area contributed by atoms with Crippen molar-refractivity contribution in [3.63, 3.8) is 0 Å². The predicted molar refractivity (Wildman–Crippen MR) is 37.5 cm³/mol. The molecule has 1 N–H and O–H groups in total. The maximum Gasteiger partial charge on any atom is 0.312 e. The van der Waals surface area contributed by atoms with Crippen molar-refractivity contribution in [2.24, 2.45) is 0 Å². The predicted octanol–water partition coefficient (Wildman–Crippen LogP) is 1.49. The quantitative estimate of drug-likeness (QED) is 0.460. The molecule has 2 nitrogen and oxygen atoms in total. The first-order chi connectivity index (χ1) is 4.72. The molecule has 0 saturated carbocycles. The second-order valence-electron chi connectivity index (χ2n) is 1.72. The molecule has 0 aromatic carbocycles. The van der Waals surface area contributed by atoms with Crippen LogP contribution in [0.15, 0.2) is 29.6 Å². The number of rotatable bonds is 1. The van der Waals surface area contributed by atoms with Crippen LogP contribution in [-0.4, -0.2) is 10.3 Å². The topological polar surface area (TPSA) is 37.3 Å². The van der Waals surface area contributed by atoms with Crippen molar-refractivity contribution >= 4 is 16.8 Å². The molecule has 0 aliphatic heterocycles. The molecule has 0 atom stereocenters. The molecular formula is C7H4ClO2+. The van der Waals surface area contributed by atoms with Crippen molar-refractivity contribution in [1.82, 2.24) is 0 Å². The summed E-state index contributed by atoms with van der Waals surface area (Å²) in [6.45, 7) is 0. The van der Waals surface area contributed by atoms with Gasteiger partial charge in [0.1, 0.15) is 12.2 Å². The zero-order valence-electron chi connectivity index (χ0n) is 4.97. The molecule has 0 radical (unpaired) electrons. The zero-order valence-corrected chi connectivity index (χ0v) is 5.72. The Morgan fingerprint density at radius 1 is 1.70 bits per heavy atom. The maximum atomic E-state index is 10.5. The van der Waals surface area contributed by atoms with Crippen LogP contribution < -0.4 is 0 Å². The molecule has 50 valence electrons. The lowest BCUT2D eigenvalue weighted by Crippen LogP contribution is -1.96. The fourth-order valence-electron chi connectivity index (χ4n) is 0.580. The number of aliphatic hydroxyl groups is 1. The number of carbonyl (C=O) groups excluding carboxylic acids is 1. The monoisotopic (exact) mass is 155 g/mol. The highest BCUT2D eigenvalue weighted by Crippen LogP contribution is 2.12. The molecule has 0 heterocycles. The van der Waals surface area contributed by atoms with Gasteiger partial charge in [0.05, 0.1) is 6.08 Å². The van der Waals surface area contributed by atoms with Crippen LogP contribution in [0.4, 0.5) is 0 Å². The third-order valence-electron chi connectivity index (χ3n) is 1.05. The summed E-state index contributed by atoms with van der Waals surface area (Å²) in [6.07, 6.45) is 6.81. The summed E-state index contributed by atoms with van der Waals surface area (Å²) in [5.41, 5.74) is 0.0872. The smallest absolute Gasteiger partial charge is 0.312 e. The van der Waals surface area contributed by atoms with E-state index in [4.69, 9.17) is 16.7 Å². The minimum atomic E-state index is -0.672. The summed E-state index contributed by atoms with van der Waals surface area (Å²) in [4.78, 5) is 10.5. The Balaban J connectivity index is 3.04. The Hall–Kier alpha value is -1.11. The van der Waals surface area contributed by atoms with Gasteiger partial charge in [-0.2, -0.15) is 0 Å². The molecule has 1 aliphatic rings. The fraction of sp³-hybridized carbons (Fsp3) is 0. The number of halogens is 1. The number of hydrogen-bond donors (Lipinski definition) is 1. The highest BCUT2D eigenvalue weighted by molar-refractivity contribution is 6.68. The zero-order chi connectivity index (χ0) is 7.56. The molecule has 1 rings (SSSR count). The van der Waals surface area contributed by atoms with Crippen molar-refractivity contribution in [1.29, 1.82) is 0 Å². The molecule has 0 bridgehead atoms. The van der Waals surface area contributed by atoms with E-state index < -0.39 is 5.24 Å². The highest BCUT2D eigenvalue weighted by Gasteiger charge is 2.18. The lowest BCUT2D eigenvalue weighted by atomic mass is 10.1. The van der Waals surface area contributed by atoms with Gasteiger partial charge in [-0.05, 0) is 11.6 Å². The van der Waals surface area contributed by atoms with E-state index in [1.54, 1.807) is 0 Å². The Morgan fingerprint density at radius 2 is 2.40 bits per heavy atom. The van der Waals surface area contributed by atoms with Gasteiger partial charge < -0.3 is 5.11 Å². The van der Waals surface area contributed by atoms with E-state index in [2.05, 4.69) is 6.08 Å². The van der Waals surface area contributed by atoms with Crippen LogP contribution in [0.2, 0.25) is 0 Å². The minimum absolute atomic E-state index is 0.0872. The van der Waals surface area contributed by atoms with Gasteiger partial charge in [0.15, 0.2) is 5.57 Å². The number of allylic oxidation sites excluding steroid dienone is 5. The summed E-state index contributed by atoms with van der Waals surface area (Å²) >= 11 is 5.09. The van der Waals surface area contributed by atoms with Gasteiger partial charge in [-0.3, -0.25) is 4.79 Å². The summed E-state index contributed by atoms with van der Waals surface area (Å²) in [7, 11) is 0. The third-order valence-corrected chi connectivity index (χ3v) is 1.26. The molecule has 0 amide bonds. The fourth-order valence-corrected chi connectivity index (χ4v) is 0.731. The van der Waals surface area contributed by atoms with E-state index >= 15 is 0 Å². The lowest BCUT2D eigenvalue weighted by Gasteiger charge is -1.89. The van der Waals surface area contributed by atoms with E-state index in [9.17, 15) is 4.79 Å². The summed E-state index contributed by atoms with van der Waals surface area (Å²) in [6, 6.07) is 0. The van der Waals surface area contributed by atoms with Crippen LogP contribution in [0.5, 0.6) is 0 Å². The van der Waals surface area contributed by atoms with Gasteiger partial charge >= 0.3 is 5.24 Å². The van der Waals surface area contributed by atoms with Gasteiger partial charge in [0.2, 0.25) is 5.76 Å². The summed E-state index contributed by atoms with van der Waals surface area (Å²) in [5.74, 6) is -0.112. The molecule has 0 aromatic heterocycles. The van der Waals surface area contributed by atoms with E-state index in [1.807, 2.05) is 0 Å². The second kappa shape index (κ2) is 2.65. The number of carbonyl (C=O) groups is 1. The molecule has 0 spiro atoms. The van der Waals surface area contributed by atoms with E-state index in [1.165, 1.54) is 18.2 Å². The Kier molecular flexibility index (Phi) is 1.86. The van der Waals surface area contributed by atoms with Gasteiger partial charge in [-0.1, -0.05) is 0 Å². The van der Waals surface area contributed by atoms with Crippen LogP contribution in [0.3, 0.4) is 0 Å². The average molecular weight is 156 g/mol. The Bertz CT molecular complexity index is 248. The van der Waals surface area contributed by atoms with Gasteiger partial charge in [0, 0.05) is 6.08 Å². The average Bonchev–Trinajstić information content (AvgIpc) is 1.88. The first kappa shape index (κ1) is 7.00. The first-order valence-electron chi connectivity index (χ1n) is 2.60. The Labute approximate surface area is 63.1 Å². The molecular weight excluding hydrogens is 152 g/mol. The van der Waals surface area contributed by atoms with Crippen molar-refractivity contribution in [2.75, 3.05) is 0 Å². The standard InChI is InChI=1S/C7H3ClO2/c8-7(10)5-3-1-2-4-6(5)9/h2-4H/p+1. The maximum absolute atomic E-state index is 10.5. The van der Waals surface area contributed by atoms with Crippen LogP contribution in [-0.2, 0) is 4.79 Å². The van der Waals surface area contributed by atoms with Gasteiger partial charge in [0.25, 0.3) is 0 Å². The second-order valence-corrected chi connectivity index (χ2v) is 2.06. The Morgan fingerprint density at radius 3 is 2.80 bits per heavy atom. The van der Waals surface area contributed by atoms with Crippen LogP contribution >= 0.6 is 11.6 Å². The lowest BCUT2D eigenvalue weighted by molar-refractivity contribution is -0.108. The number of hydrogen-bond acceptors (Lipinski definition) is 2. The van der Waals surface area contributed by atoms with E-state index in [0.717, 1.165) is 0 Å². The largest absolute Gasteiger partial charge is 0.487 e. The van der Waals surface area contributed by atoms with E-state index in [0.29, 0.717) is 0 Å². The molecule has 10 heavy (non-hydrogen) atoms. The third kappa shape index (κ3) is 1.24. The highest BCUT2D eigenvalue weighted by atomic mass is 35.5. The molecule has 0 aromatic rings. The molecule has 0 fully saturated rings. The molecule has 1 aliphatic carbocycles.